The van der Waals surface area contributed by atoms with Crippen LogP contribution >= 0.6 is 23.1 Å². The number of allylic oxidation sites excluding steroid dienone is 1. The maximum Gasteiger partial charge on any atom is 0.350 e. The number of nitrogens with zero attached hydrogens (tertiary/aromatic N) is 4. The second-order valence-corrected chi connectivity index (χ2v) is 8.57. The molecule has 3 aromatic rings. The van der Waals surface area contributed by atoms with Crippen molar-refractivity contribution in [2.75, 3.05) is 24.3 Å². The summed E-state index contributed by atoms with van der Waals surface area (Å²) in [5.41, 5.74) is 1.33. The van der Waals surface area contributed by atoms with Crippen LogP contribution in [0.4, 0.5) is 5.13 Å². The summed E-state index contributed by atoms with van der Waals surface area (Å²) in [5.74, 6) is 0.726. The van der Waals surface area contributed by atoms with E-state index < -0.39 is 5.97 Å². The molecule has 0 fully saturated rings. The standard InChI is InChI=1S/C22H25N5O4S2/c1-5-12-27-19(15-10-8-9-11-16(15)30-6-2)25-26-22(27)32-13-17(28)24-21-23-14(4)18(33-21)20(29)31-7-3/h5,8-11H,1,6-7,12-13H2,2-4H3,(H,23,24,28). The Morgan fingerprint density at radius 1 is 1.24 bits per heavy atom. The van der Waals surface area contributed by atoms with Gasteiger partial charge in [0.05, 0.1) is 30.2 Å². The first-order valence-electron chi connectivity index (χ1n) is 10.3. The van der Waals surface area contributed by atoms with Crippen LogP contribution < -0.4 is 10.1 Å². The number of hydrogen-bond donors (Lipinski definition) is 1. The number of ether oxygens (including phenoxy) is 2. The first-order chi connectivity index (χ1) is 16.0. The van der Waals surface area contributed by atoms with E-state index in [9.17, 15) is 9.59 Å². The lowest BCUT2D eigenvalue weighted by atomic mass is 10.2. The van der Waals surface area contributed by atoms with Gasteiger partial charge in [0.25, 0.3) is 0 Å². The molecule has 0 bridgehead atoms. The summed E-state index contributed by atoms with van der Waals surface area (Å²) in [6, 6.07) is 7.61. The van der Waals surface area contributed by atoms with Crippen LogP contribution in [0.25, 0.3) is 11.4 Å². The number of benzene rings is 1. The maximum atomic E-state index is 12.5. The highest BCUT2D eigenvalue weighted by Crippen LogP contribution is 2.31. The van der Waals surface area contributed by atoms with E-state index in [0.717, 1.165) is 16.9 Å². The third-order valence-corrected chi connectivity index (χ3v) is 6.31. The molecule has 0 aliphatic carbocycles. The Morgan fingerprint density at radius 3 is 2.76 bits per heavy atom. The zero-order valence-corrected chi connectivity index (χ0v) is 20.3. The number of carbonyl (C=O) groups is 2. The van der Waals surface area contributed by atoms with E-state index in [1.165, 1.54) is 11.8 Å². The van der Waals surface area contributed by atoms with Crippen molar-refractivity contribution in [2.24, 2.45) is 0 Å². The number of nitrogens with one attached hydrogen (secondary N) is 1. The quantitative estimate of drug-likeness (QED) is 0.244. The van der Waals surface area contributed by atoms with E-state index in [2.05, 4.69) is 27.1 Å². The van der Waals surface area contributed by atoms with Crippen LogP contribution in [-0.4, -0.2) is 50.6 Å². The number of aryl methyl sites for hydroxylation is 1. The number of rotatable bonds is 11. The molecule has 1 N–H and O–H groups in total. The van der Waals surface area contributed by atoms with Crippen LogP contribution in [0.2, 0.25) is 0 Å². The highest BCUT2D eigenvalue weighted by atomic mass is 32.2. The molecule has 0 spiro atoms. The number of anilines is 1. The number of amides is 1. The fourth-order valence-electron chi connectivity index (χ4n) is 2.94. The van der Waals surface area contributed by atoms with Crippen LogP contribution in [-0.2, 0) is 16.1 Å². The van der Waals surface area contributed by atoms with Crippen molar-refractivity contribution in [2.45, 2.75) is 32.5 Å². The van der Waals surface area contributed by atoms with E-state index >= 15 is 0 Å². The van der Waals surface area contributed by atoms with Crippen LogP contribution in [0.1, 0.15) is 29.2 Å². The molecule has 0 aliphatic heterocycles. The van der Waals surface area contributed by atoms with Crippen molar-refractivity contribution in [1.82, 2.24) is 19.7 Å². The maximum absolute atomic E-state index is 12.5. The summed E-state index contributed by atoms with van der Waals surface area (Å²) >= 11 is 2.34. The van der Waals surface area contributed by atoms with Crippen molar-refractivity contribution >= 4 is 40.1 Å². The summed E-state index contributed by atoms with van der Waals surface area (Å²) in [6.07, 6.45) is 1.75. The zero-order valence-electron chi connectivity index (χ0n) is 18.7. The lowest BCUT2D eigenvalue weighted by Gasteiger charge is -2.11. The van der Waals surface area contributed by atoms with E-state index in [1.54, 1.807) is 19.9 Å². The Hall–Kier alpha value is -3.18. The Balaban J connectivity index is 1.72. The normalized spacial score (nSPS) is 10.6. The van der Waals surface area contributed by atoms with Crippen LogP contribution in [0.5, 0.6) is 5.75 Å². The number of thiazole rings is 1. The van der Waals surface area contributed by atoms with Crippen molar-refractivity contribution < 1.29 is 19.1 Å². The van der Waals surface area contributed by atoms with Crippen LogP contribution in [0.3, 0.4) is 0 Å². The third kappa shape index (κ3) is 5.99. The summed E-state index contributed by atoms with van der Waals surface area (Å²) in [7, 11) is 0. The number of thioether (sulfide) groups is 1. The smallest absolute Gasteiger partial charge is 0.350 e. The Morgan fingerprint density at radius 2 is 2.03 bits per heavy atom. The van der Waals surface area contributed by atoms with Gasteiger partial charge >= 0.3 is 5.97 Å². The zero-order chi connectivity index (χ0) is 23.8. The molecule has 0 atom stereocenters. The van der Waals surface area contributed by atoms with Gasteiger partial charge in [-0.05, 0) is 32.9 Å². The largest absolute Gasteiger partial charge is 0.493 e. The molecule has 174 valence electrons. The van der Waals surface area contributed by atoms with E-state index in [4.69, 9.17) is 9.47 Å². The van der Waals surface area contributed by atoms with Gasteiger partial charge in [-0.3, -0.25) is 9.36 Å². The van der Waals surface area contributed by atoms with Gasteiger partial charge in [0, 0.05) is 6.54 Å². The number of para-hydroxylation sites is 1. The van der Waals surface area contributed by atoms with Crippen LogP contribution in [0.15, 0.2) is 42.1 Å². The first kappa shape index (κ1) is 24.5. The highest BCUT2D eigenvalue weighted by molar-refractivity contribution is 7.99. The molecule has 2 aromatic heterocycles. The lowest BCUT2D eigenvalue weighted by Crippen LogP contribution is -2.14. The van der Waals surface area contributed by atoms with Crippen molar-refractivity contribution in [1.29, 1.82) is 0 Å². The second-order valence-electron chi connectivity index (χ2n) is 6.63. The molecule has 11 heteroatoms. The fraction of sp³-hybridized carbons (Fsp3) is 0.318. The highest BCUT2D eigenvalue weighted by Gasteiger charge is 2.20. The van der Waals surface area contributed by atoms with Gasteiger partial charge in [0.2, 0.25) is 5.91 Å². The molecular formula is C22H25N5O4S2. The second kappa shape index (κ2) is 11.6. The molecule has 3 rings (SSSR count). The number of aromatic nitrogens is 4. The number of hydrogen-bond acceptors (Lipinski definition) is 9. The Labute approximate surface area is 200 Å². The van der Waals surface area contributed by atoms with Crippen molar-refractivity contribution in [3.8, 4) is 17.1 Å². The average Bonchev–Trinajstić information content (AvgIpc) is 3.36. The van der Waals surface area contributed by atoms with E-state index in [1.807, 2.05) is 35.8 Å². The molecule has 0 saturated carbocycles. The molecule has 9 nitrogen and oxygen atoms in total. The molecule has 0 aliphatic rings. The predicted octanol–water partition coefficient (Wildman–Crippen LogP) is 4.20. The SMILES string of the molecule is C=CCn1c(SCC(=O)Nc2nc(C)c(C(=O)OCC)s2)nnc1-c1ccccc1OCC. The minimum absolute atomic E-state index is 0.0930. The van der Waals surface area contributed by atoms with Gasteiger partial charge in [-0.1, -0.05) is 41.3 Å². The van der Waals surface area contributed by atoms with Gasteiger partial charge in [0.15, 0.2) is 16.1 Å². The molecule has 0 unspecified atom stereocenters. The van der Waals surface area contributed by atoms with Crippen molar-refractivity contribution in [3.05, 3.63) is 47.5 Å². The first-order valence-corrected chi connectivity index (χ1v) is 12.1. The summed E-state index contributed by atoms with van der Waals surface area (Å²) in [4.78, 5) is 29.1. The number of esters is 1. The summed E-state index contributed by atoms with van der Waals surface area (Å²) < 4.78 is 12.6. The average molecular weight is 488 g/mol. The van der Waals surface area contributed by atoms with Gasteiger partial charge in [-0.25, -0.2) is 9.78 Å². The Bertz CT molecular complexity index is 1140. The van der Waals surface area contributed by atoms with E-state index in [0.29, 0.717) is 45.6 Å². The van der Waals surface area contributed by atoms with Crippen LogP contribution in [0, 0.1) is 6.92 Å². The van der Waals surface area contributed by atoms with Gasteiger partial charge < -0.3 is 14.8 Å². The van der Waals surface area contributed by atoms with E-state index in [-0.39, 0.29) is 18.3 Å². The summed E-state index contributed by atoms with van der Waals surface area (Å²) in [5, 5.41) is 12.3. The minimum atomic E-state index is -0.445. The molecule has 33 heavy (non-hydrogen) atoms. The Kier molecular flexibility index (Phi) is 8.61. The topological polar surface area (TPSA) is 108 Å². The van der Waals surface area contributed by atoms with Gasteiger partial charge in [-0.2, -0.15) is 0 Å². The summed E-state index contributed by atoms with van der Waals surface area (Å²) in [6.45, 7) is 10.5. The molecule has 1 aromatic carbocycles. The molecule has 1 amide bonds. The van der Waals surface area contributed by atoms with Gasteiger partial charge in [0.1, 0.15) is 10.6 Å². The third-order valence-electron chi connectivity index (χ3n) is 4.29. The molecule has 0 saturated heterocycles. The minimum Gasteiger partial charge on any atom is -0.493 e. The van der Waals surface area contributed by atoms with Gasteiger partial charge in [-0.15, -0.1) is 16.8 Å². The monoisotopic (exact) mass is 487 g/mol. The van der Waals surface area contributed by atoms with Crippen molar-refractivity contribution in [3.63, 3.8) is 0 Å². The molecule has 0 radical (unpaired) electrons. The molecular weight excluding hydrogens is 462 g/mol. The lowest BCUT2D eigenvalue weighted by molar-refractivity contribution is -0.113. The predicted molar refractivity (Wildman–Crippen MR) is 129 cm³/mol. The molecule has 2 heterocycles. The fourth-order valence-corrected chi connectivity index (χ4v) is 4.57. The number of carbonyl (C=O) groups excluding carboxylic acids is 2.